The van der Waals surface area contributed by atoms with E-state index >= 15 is 4.39 Å². The first-order valence-corrected chi connectivity index (χ1v) is 14.8. The van der Waals surface area contributed by atoms with Crippen LogP contribution in [-0.2, 0) is 23.4 Å². The van der Waals surface area contributed by atoms with Crippen LogP contribution in [0.4, 0.5) is 10.2 Å². The summed E-state index contributed by atoms with van der Waals surface area (Å²) in [5, 5.41) is 14.4. The molecule has 1 fully saturated rings. The van der Waals surface area contributed by atoms with Crippen molar-refractivity contribution in [2.24, 2.45) is 5.11 Å². The van der Waals surface area contributed by atoms with Gasteiger partial charge < -0.3 is 24.8 Å². The largest absolute Gasteiger partial charge is 0.462 e. The molecule has 6 atom stereocenters. The van der Waals surface area contributed by atoms with Crippen molar-refractivity contribution < 1.29 is 37.4 Å². The molecule has 15 nitrogen and oxygen atoms in total. The molecule has 2 heterocycles. The average molecular weight is 602 g/mol. The first-order chi connectivity index (χ1) is 18.7. The van der Waals surface area contributed by atoms with Crippen LogP contribution in [0.1, 0.15) is 33.9 Å². The van der Waals surface area contributed by atoms with Crippen LogP contribution in [0.3, 0.4) is 0 Å². The van der Waals surface area contributed by atoms with E-state index in [1.165, 1.54) is 25.1 Å². The van der Waals surface area contributed by atoms with E-state index in [4.69, 9.17) is 29.8 Å². The fourth-order valence-corrected chi connectivity index (χ4v) is 6.36. The standard InChI is InChI=1S/C22H29FN7O8PS/c1-13(2)36-17(31)14(3)27-40-39(34,38-15-8-6-5-7-9-15)35-12-22(23)18(32)21(4,28-29-25)19(37-22)30-11-10-16(24)26-20(30)33/h5-11,13-14,18-19,27,32H,12H2,1-4H3,(H2,24,26,33)/t14-,18-,19+,21+,22+,39?/m0/s1. The van der Waals surface area contributed by atoms with Crippen LogP contribution in [-0.4, -0.2) is 56.9 Å². The van der Waals surface area contributed by atoms with Crippen LogP contribution < -0.4 is 20.7 Å². The quantitative estimate of drug-likeness (QED) is 0.0799. The molecule has 1 saturated heterocycles. The highest BCUT2D eigenvalue weighted by Gasteiger charge is 2.64. The molecule has 0 aliphatic carbocycles. The number of rotatable bonds is 12. The number of aromatic nitrogens is 2. The molecule has 0 radical (unpaired) electrons. The summed E-state index contributed by atoms with van der Waals surface area (Å²) in [6.45, 7) is 0.318. The van der Waals surface area contributed by atoms with Crippen LogP contribution in [0.5, 0.6) is 5.75 Å². The number of hydrogen-bond donors (Lipinski definition) is 3. The molecule has 18 heteroatoms. The maximum atomic E-state index is 16.2. The molecule has 3 rings (SSSR count). The van der Waals surface area contributed by atoms with Crippen molar-refractivity contribution in [3.63, 3.8) is 0 Å². The Hall–Kier alpha value is -3.17. The monoisotopic (exact) mass is 601 g/mol. The molecule has 0 saturated carbocycles. The molecule has 0 spiro atoms. The molecule has 1 aromatic heterocycles. The molecule has 4 N–H and O–H groups in total. The van der Waals surface area contributed by atoms with Gasteiger partial charge in [-0.25, -0.2) is 18.5 Å². The summed E-state index contributed by atoms with van der Waals surface area (Å²) in [6, 6.07) is 8.04. The number of esters is 1. The zero-order valence-corrected chi connectivity index (χ0v) is 23.6. The number of para-hydroxylation sites is 1. The first kappa shape index (κ1) is 31.4. The second-order valence-corrected chi connectivity index (χ2v) is 12.8. The number of aliphatic hydroxyl groups excluding tert-OH is 1. The topological polar surface area (TPSA) is 213 Å². The number of alkyl halides is 1. The van der Waals surface area contributed by atoms with Crippen LogP contribution >= 0.6 is 18.4 Å². The average Bonchev–Trinajstić information content (AvgIpc) is 3.08. The number of nitrogens with two attached hydrogens (primary N) is 1. The minimum Gasteiger partial charge on any atom is -0.462 e. The third-order valence-corrected chi connectivity index (χ3v) is 8.65. The Morgan fingerprint density at radius 2 is 2.08 bits per heavy atom. The Labute approximate surface area is 232 Å². The van der Waals surface area contributed by atoms with Crippen molar-refractivity contribution in [3.05, 3.63) is 63.5 Å². The zero-order valence-electron chi connectivity index (χ0n) is 21.9. The third kappa shape index (κ3) is 7.12. The molecular weight excluding hydrogens is 572 g/mol. The number of hydrogen-bond acceptors (Lipinski definition) is 13. The third-order valence-electron chi connectivity index (χ3n) is 5.56. The zero-order chi connectivity index (χ0) is 29.7. The molecule has 40 heavy (non-hydrogen) atoms. The van der Waals surface area contributed by atoms with Crippen molar-refractivity contribution in [3.8, 4) is 5.75 Å². The van der Waals surface area contributed by atoms with Crippen LogP contribution in [0.25, 0.3) is 10.4 Å². The van der Waals surface area contributed by atoms with Crippen LogP contribution in [0, 0.1) is 0 Å². The molecule has 2 aromatic rings. The van der Waals surface area contributed by atoms with Crippen molar-refractivity contribution in [2.45, 2.75) is 63.6 Å². The Morgan fingerprint density at radius 3 is 2.67 bits per heavy atom. The Bertz CT molecular complexity index is 1360. The van der Waals surface area contributed by atoms with Gasteiger partial charge in [0.1, 0.15) is 35.9 Å². The van der Waals surface area contributed by atoms with Crippen molar-refractivity contribution in [2.75, 3.05) is 12.3 Å². The van der Waals surface area contributed by atoms with E-state index in [2.05, 4.69) is 19.7 Å². The van der Waals surface area contributed by atoms with Gasteiger partial charge in [-0.1, -0.05) is 23.3 Å². The van der Waals surface area contributed by atoms with Crippen molar-refractivity contribution >= 4 is 30.2 Å². The SMILES string of the molecule is CC(C)OC(=O)[C@H](C)NSP(=O)(OC[C@@]1(F)O[C@@H](n2ccc(N)nc2=O)[C@](C)(N=[N+]=[N-])[C@@H]1O)Oc1ccccc1. The lowest BCUT2D eigenvalue weighted by molar-refractivity contribution is -0.203. The molecule has 1 aliphatic rings. The Kier molecular flexibility index (Phi) is 9.85. The van der Waals surface area contributed by atoms with E-state index in [9.17, 15) is 19.3 Å². The fraction of sp³-hybridized carbons (Fsp3) is 0.500. The van der Waals surface area contributed by atoms with Gasteiger partial charge in [0.15, 0.2) is 6.23 Å². The highest BCUT2D eigenvalue weighted by atomic mass is 32.7. The lowest BCUT2D eigenvalue weighted by atomic mass is 9.92. The molecule has 1 aromatic carbocycles. The van der Waals surface area contributed by atoms with Gasteiger partial charge in [-0.05, 0) is 51.4 Å². The van der Waals surface area contributed by atoms with Gasteiger partial charge in [0.25, 0.3) is 5.85 Å². The number of carbonyl (C=O) groups excluding carboxylic acids is 1. The van der Waals surface area contributed by atoms with E-state index in [0.717, 1.165) is 17.7 Å². The maximum absolute atomic E-state index is 16.2. The number of azide groups is 1. The van der Waals surface area contributed by atoms with E-state index in [-0.39, 0.29) is 11.6 Å². The second-order valence-electron chi connectivity index (χ2n) is 9.16. The minimum absolute atomic E-state index is 0.0923. The lowest BCUT2D eigenvalue weighted by Gasteiger charge is -2.28. The number of anilines is 1. The number of nitrogens with one attached hydrogen (secondary N) is 1. The van der Waals surface area contributed by atoms with E-state index < -0.39 is 60.9 Å². The minimum atomic E-state index is -4.39. The lowest BCUT2D eigenvalue weighted by Crippen LogP contribution is -2.48. The molecule has 0 bridgehead atoms. The number of halogens is 1. The first-order valence-electron chi connectivity index (χ1n) is 11.8. The molecule has 1 unspecified atom stereocenters. The Morgan fingerprint density at radius 1 is 1.40 bits per heavy atom. The van der Waals surface area contributed by atoms with Crippen LogP contribution in [0.15, 0.2) is 52.5 Å². The number of benzene rings is 1. The summed E-state index contributed by atoms with van der Waals surface area (Å²) in [5.41, 5.74) is 11.6. The summed E-state index contributed by atoms with van der Waals surface area (Å²) in [7, 11) is 0. The summed E-state index contributed by atoms with van der Waals surface area (Å²) in [4.78, 5) is 30.8. The summed E-state index contributed by atoms with van der Waals surface area (Å²) >= 11 is 0.372. The molecular formula is C22H29FN7O8PS. The van der Waals surface area contributed by atoms with E-state index in [1.54, 1.807) is 32.0 Å². The number of nitrogen functional groups attached to an aromatic ring is 1. The molecule has 218 valence electrons. The van der Waals surface area contributed by atoms with Gasteiger partial charge in [0.2, 0.25) is 0 Å². The number of nitrogens with zero attached hydrogens (tertiary/aromatic N) is 5. The fourth-order valence-electron chi connectivity index (χ4n) is 3.57. The van der Waals surface area contributed by atoms with E-state index in [0.29, 0.717) is 11.6 Å². The van der Waals surface area contributed by atoms with Gasteiger partial charge in [0.05, 0.1) is 17.7 Å². The van der Waals surface area contributed by atoms with Crippen molar-refractivity contribution in [1.29, 1.82) is 0 Å². The second kappa shape index (κ2) is 12.6. The predicted molar refractivity (Wildman–Crippen MR) is 142 cm³/mol. The van der Waals surface area contributed by atoms with Gasteiger partial charge in [-0.3, -0.25) is 13.9 Å². The highest BCUT2D eigenvalue weighted by molar-refractivity contribution is 8.54. The summed E-state index contributed by atoms with van der Waals surface area (Å²) < 4.78 is 54.7. The van der Waals surface area contributed by atoms with Crippen LogP contribution in [0.2, 0.25) is 0 Å². The summed E-state index contributed by atoms with van der Waals surface area (Å²) in [6.07, 6.45) is -3.19. The maximum Gasteiger partial charge on any atom is 0.455 e. The number of ether oxygens (including phenoxy) is 2. The Balaban J connectivity index is 1.88. The predicted octanol–water partition coefficient (Wildman–Crippen LogP) is 3.23. The number of aliphatic hydroxyl groups is 1. The molecule has 0 amide bonds. The van der Waals surface area contributed by atoms with Gasteiger partial charge in [-0.2, -0.15) is 4.98 Å². The molecule has 1 aliphatic heterocycles. The van der Waals surface area contributed by atoms with E-state index in [1.807, 2.05) is 0 Å². The summed E-state index contributed by atoms with van der Waals surface area (Å²) in [5.74, 6) is -3.85. The number of carbonyl (C=O) groups is 1. The van der Waals surface area contributed by atoms with Gasteiger partial charge in [-0.15, -0.1) is 0 Å². The smallest absolute Gasteiger partial charge is 0.455 e. The van der Waals surface area contributed by atoms with Crippen molar-refractivity contribution in [1.82, 2.24) is 14.3 Å². The van der Waals surface area contributed by atoms with Gasteiger partial charge in [0, 0.05) is 11.1 Å². The highest BCUT2D eigenvalue weighted by Crippen LogP contribution is 2.60. The normalized spacial score (nSPS) is 26.5. The van der Waals surface area contributed by atoms with Gasteiger partial charge >= 0.3 is 18.5 Å².